The molecule has 0 aliphatic carbocycles. The highest BCUT2D eigenvalue weighted by Crippen LogP contribution is 2.31. The lowest BCUT2D eigenvalue weighted by Crippen LogP contribution is -2.01. The molecule has 4 aromatic rings. The quantitative estimate of drug-likeness (QED) is 0.203. The summed E-state index contributed by atoms with van der Waals surface area (Å²) in [5, 5.41) is 9.15. The van der Waals surface area contributed by atoms with Crippen LogP contribution in [0.2, 0.25) is 5.02 Å². The number of nitrogens with zero attached hydrogens (tertiary/aromatic N) is 2. The smallest absolute Gasteiger partial charge is 0.175 e. The monoisotopic (exact) mass is 468 g/mol. The van der Waals surface area contributed by atoms with Crippen LogP contribution in [0.1, 0.15) is 15.9 Å². The first-order chi connectivity index (χ1) is 14.7. The van der Waals surface area contributed by atoms with Gasteiger partial charge in [0.15, 0.2) is 14.5 Å². The molecule has 0 fully saturated rings. The average Bonchev–Trinajstić information content (AvgIpc) is 3.26. The number of rotatable bonds is 8. The Kier molecular flexibility index (Phi) is 7.23. The molecule has 0 N–H and O–H groups in total. The highest BCUT2D eigenvalue weighted by atomic mass is 35.5. The second kappa shape index (κ2) is 10.3. The van der Waals surface area contributed by atoms with E-state index in [4.69, 9.17) is 11.6 Å². The van der Waals surface area contributed by atoms with Crippen molar-refractivity contribution >= 4 is 52.2 Å². The van der Waals surface area contributed by atoms with Crippen molar-refractivity contribution < 1.29 is 4.79 Å². The number of hydrogen-bond acceptors (Lipinski definition) is 6. The maximum Gasteiger partial charge on any atom is 0.175 e. The number of thioether (sulfide) groups is 2. The van der Waals surface area contributed by atoms with Crippen molar-refractivity contribution in [2.75, 3.05) is 5.75 Å². The molecule has 1 heterocycles. The van der Waals surface area contributed by atoms with Crippen molar-refractivity contribution in [3.8, 4) is 11.1 Å². The van der Waals surface area contributed by atoms with Crippen molar-refractivity contribution in [3.63, 3.8) is 0 Å². The Morgan fingerprint density at radius 2 is 1.43 bits per heavy atom. The molecule has 0 amide bonds. The van der Waals surface area contributed by atoms with Gasteiger partial charge in [0.25, 0.3) is 0 Å². The Morgan fingerprint density at radius 3 is 2.13 bits per heavy atom. The van der Waals surface area contributed by atoms with Crippen LogP contribution in [0.5, 0.6) is 0 Å². The summed E-state index contributed by atoms with van der Waals surface area (Å²) >= 11 is 10.5. The van der Waals surface area contributed by atoms with Gasteiger partial charge in [-0.25, -0.2) is 0 Å². The molecule has 4 rings (SSSR count). The lowest BCUT2D eigenvalue weighted by molar-refractivity contribution is 0.102. The Labute approximate surface area is 192 Å². The maximum atomic E-state index is 12.5. The fourth-order valence-corrected chi connectivity index (χ4v) is 5.73. The first kappa shape index (κ1) is 21.1. The number of halogens is 1. The number of aromatic nitrogens is 2. The van der Waals surface area contributed by atoms with Gasteiger partial charge in [-0.05, 0) is 28.8 Å². The van der Waals surface area contributed by atoms with Gasteiger partial charge in [0, 0.05) is 16.3 Å². The van der Waals surface area contributed by atoms with Crippen molar-refractivity contribution in [3.05, 3.63) is 95.0 Å². The summed E-state index contributed by atoms with van der Waals surface area (Å²) in [5.41, 5.74) is 4.14. The van der Waals surface area contributed by atoms with E-state index in [1.54, 1.807) is 11.8 Å². The Bertz CT molecular complexity index is 1110. The van der Waals surface area contributed by atoms with Crippen molar-refractivity contribution in [1.29, 1.82) is 0 Å². The van der Waals surface area contributed by atoms with Crippen LogP contribution in [0.3, 0.4) is 0 Å². The second-order valence-electron chi connectivity index (χ2n) is 6.40. The van der Waals surface area contributed by atoms with E-state index in [1.807, 2.05) is 66.7 Å². The Hall–Kier alpha value is -2.12. The molecule has 3 nitrogen and oxygen atoms in total. The summed E-state index contributed by atoms with van der Waals surface area (Å²) in [6.45, 7) is 0. The number of carbonyl (C=O) groups excluding carboxylic acids is 1. The third kappa shape index (κ3) is 5.73. The molecule has 1 aromatic heterocycles. The lowest BCUT2D eigenvalue weighted by atomic mass is 10.0. The van der Waals surface area contributed by atoms with Crippen molar-refractivity contribution in [2.24, 2.45) is 0 Å². The summed E-state index contributed by atoms with van der Waals surface area (Å²) in [7, 11) is 0. The molecule has 0 spiro atoms. The number of hydrogen-bond donors (Lipinski definition) is 0. The minimum Gasteiger partial charge on any atom is -0.293 e. The summed E-state index contributed by atoms with van der Waals surface area (Å²) in [4.78, 5) is 12.5. The standard InChI is InChI=1S/C23H17ClN2OS3/c24-20-12-6-16(7-13-20)14-28-22-25-26-23(30-22)29-15-21(27)19-10-8-18(9-11-19)17-4-2-1-3-5-17/h1-13H,14-15H2. The molecule has 0 saturated heterocycles. The third-order valence-corrected chi connectivity index (χ3v) is 7.82. The second-order valence-corrected chi connectivity index (χ2v) is 10.3. The zero-order chi connectivity index (χ0) is 20.8. The highest BCUT2D eigenvalue weighted by molar-refractivity contribution is 8.03. The van der Waals surface area contributed by atoms with Crippen LogP contribution in [0.25, 0.3) is 11.1 Å². The predicted molar refractivity (Wildman–Crippen MR) is 128 cm³/mol. The van der Waals surface area contributed by atoms with Gasteiger partial charge in [0.05, 0.1) is 5.75 Å². The molecule has 7 heteroatoms. The first-order valence-electron chi connectivity index (χ1n) is 9.19. The summed E-state index contributed by atoms with van der Waals surface area (Å²) in [6.07, 6.45) is 0. The topological polar surface area (TPSA) is 42.9 Å². The molecule has 0 bridgehead atoms. The van der Waals surface area contributed by atoms with E-state index < -0.39 is 0 Å². The van der Waals surface area contributed by atoms with Gasteiger partial charge in [0.1, 0.15) is 0 Å². The Balaban J connectivity index is 1.29. The van der Waals surface area contributed by atoms with Crippen LogP contribution in [-0.2, 0) is 5.75 Å². The number of benzene rings is 3. The first-order valence-corrected chi connectivity index (χ1v) is 12.4. The Morgan fingerprint density at radius 1 is 0.800 bits per heavy atom. The maximum absolute atomic E-state index is 12.5. The predicted octanol–water partition coefficient (Wildman–Crippen LogP) is 7.13. The van der Waals surface area contributed by atoms with E-state index in [0.29, 0.717) is 11.3 Å². The van der Waals surface area contributed by atoms with E-state index in [1.165, 1.54) is 28.7 Å². The van der Waals surface area contributed by atoms with E-state index in [9.17, 15) is 4.79 Å². The van der Waals surface area contributed by atoms with Crippen molar-refractivity contribution in [1.82, 2.24) is 10.2 Å². The van der Waals surface area contributed by atoms with E-state index in [0.717, 1.165) is 30.6 Å². The summed E-state index contributed by atoms with van der Waals surface area (Å²) in [5.74, 6) is 1.25. The van der Waals surface area contributed by atoms with E-state index in [-0.39, 0.29) is 5.78 Å². The molecular formula is C23H17ClN2OS3. The van der Waals surface area contributed by atoms with Crippen LogP contribution in [0.15, 0.2) is 87.5 Å². The van der Waals surface area contributed by atoms with Gasteiger partial charge in [-0.3, -0.25) is 4.79 Å². The van der Waals surface area contributed by atoms with Crippen LogP contribution < -0.4 is 0 Å². The van der Waals surface area contributed by atoms with Crippen LogP contribution >= 0.6 is 46.5 Å². The van der Waals surface area contributed by atoms with Gasteiger partial charge in [-0.2, -0.15) is 0 Å². The molecule has 0 unspecified atom stereocenters. The normalized spacial score (nSPS) is 10.8. The van der Waals surface area contributed by atoms with Gasteiger partial charge in [-0.1, -0.05) is 113 Å². The summed E-state index contributed by atoms with van der Waals surface area (Å²) in [6, 6.07) is 25.7. The fourth-order valence-electron chi connectivity index (χ4n) is 2.73. The average molecular weight is 469 g/mol. The van der Waals surface area contributed by atoms with Crippen molar-refractivity contribution in [2.45, 2.75) is 14.4 Å². The molecule has 0 radical (unpaired) electrons. The minimum absolute atomic E-state index is 0.0881. The minimum atomic E-state index is 0.0881. The molecule has 0 saturated carbocycles. The van der Waals surface area contributed by atoms with Gasteiger partial charge < -0.3 is 0 Å². The van der Waals surface area contributed by atoms with Crippen LogP contribution in [0.4, 0.5) is 0 Å². The molecule has 3 aromatic carbocycles. The molecule has 150 valence electrons. The fraction of sp³-hybridized carbons (Fsp3) is 0.0870. The zero-order valence-corrected chi connectivity index (χ0v) is 19.0. The summed E-state index contributed by atoms with van der Waals surface area (Å²) < 4.78 is 1.70. The lowest BCUT2D eigenvalue weighted by Gasteiger charge is -2.03. The highest BCUT2D eigenvalue weighted by Gasteiger charge is 2.11. The largest absolute Gasteiger partial charge is 0.293 e. The molecule has 0 aliphatic heterocycles. The third-order valence-electron chi connectivity index (χ3n) is 4.30. The molecule has 0 atom stereocenters. The van der Waals surface area contributed by atoms with E-state index >= 15 is 0 Å². The number of ketones is 1. The van der Waals surface area contributed by atoms with Gasteiger partial charge in [0.2, 0.25) is 0 Å². The molecule has 0 aliphatic rings. The van der Waals surface area contributed by atoms with Gasteiger partial charge >= 0.3 is 0 Å². The number of carbonyl (C=O) groups is 1. The van der Waals surface area contributed by atoms with E-state index in [2.05, 4.69) is 22.3 Å². The SMILES string of the molecule is O=C(CSc1nnc(SCc2ccc(Cl)cc2)s1)c1ccc(-c2ccccc2)cc1. The zero-order valence-electron chi connectivity index (χ0n) is 15.8. The molecule has 30 heavy (non-hydrogen) atoms. The van der Waals surface area contributed by atoms with Gasteiger partial charge in [-0.15, -0.1) is 10.2 Å². The van der Waals surface area contributed by atoms with Crippen LogP contribution in [0, 0.1) is 0 Å². The van der Waals surface area contributed by atoms with Crippen LogP contribution in [-0.4, -0.2) is 21.7 Å². The molecular weight excluding hydrogens is 452 g/mol. The number of Topliss-reactive ketones (excluding diaryl/α,β-unsaturated/α-hetero) is 1.